The Hall–Kier alpha value is -2.75. The Bertz CT molecular complexity index is 621. The highest BCUT2D eigenvalue weighted by Crippen LogP contribution is 2.20. The number of nitrogens with zero attached hydrogens (tertiary/aromatic N) is 3. The van der Waals surface area contributed by atoms with E-state index in [1.165, 1.54) is 0 Å². The largest absolute Gasteiger partial charge is 0.296 e. The maximum Gasteiger partial charge on any atom is 0.166 e. The minimum absolute atomic E-state index is 0.327. The van der Waals surface area contributed by atoms with Crippen LogP contribution in [-0.2, 0) is 4.79 Å². The van der Waals surface area contributed by atoms with Gasteiger partial charge in [0, 0.05) is 30.7 Å². The number of pyridine rings is 1. The summed E-state index contributed by atoms with van der Waals surface area (Å²) < 4.78 is 0. The second kappa shape index (κ2) is 6.43. The first-order valence-electron chi connectivity index (χ1n) is 6.14. The summed E-state index contributed by atoms with van der Waals surface area (Å²) in [6.07, 6.45) is 4.10. The summed E-state index contributed by atoms with van der Waals surface area (Å²) in [5.74, 6) is 0.649. The predicted molar refractivity (Wildman–Crippen MR) is 80.8 cm³/mol. The normalized spacial score (nSPS) is 10.9. The van der Waals surface area contributed by atoms with Crippen molar-refractivity contribution in [3.8, 4) is 0 Å². The number of anilines is 1. The lowest BCUT2D eigenvalue weighted by Gasteiger charge is -2.25. The van der Waals surface area contributed by atoms with Gasteiger partial charge in [0.05, 0.1) is 5.70 Å². The van der Waals surface area contributed by atoms with Crippen molar-refractivity contribution in [2.24, 2.45) is 4.99 Å². The molecular formula is C16H15N3O. The number of amidine groups is 1. The molecule has 0 N–H and O–H groups in total. The second-order valence-electron chi connectivity index (χ2n) is 4.06. The fraction of sp³-hybridized carbons (Fsp3) is 0.0625. The van der Waals surface area contributed by atoms with Crippen LogP contribution >= 0.6 is 0 Å². The van der Waals surface area contributed by atoms with Crippen LogP contribution in [0.25, 0.3) is 0 Å². The van der Waals surface area contributed by atoms with Gasteiger partial charge >= 0.3 is 0 Å². The number of benzene rings is 1. The van der Waals surface area contributed by atoms with Crippen molar-refractivity contribution in [1.82, 2.24) is 4.98 Å². The molecule has 0 saturated heterocycles. The van der Waals surface area contributed by atoms with E-state index in [4.69, 9.17) is 0 Å². The average Bonchev–Trinajstić information content (AvgIpc) is 2.53. The highest BCUT2D eigenvalue weighted by Gasteiger charge is 2.17. The van der Waals surface area contributed by atoms with E-state index in [-0.39, 0.29) is 0 Å². The van der Waals surface area contributed by atoms with Crippen LogP contribution in [0.2, 0.25) is 0 Å². The van der Waals surface area contributed by atoms with Crippen molar-refractivity contribution in [2.45, 2.75) is 0 Å². The molecule has 0 spiro atoms. The Balaban J connectivity index is 2.51. The third-order valence-electron chi connectivity index (χ3n) is 2.80. The Kier molecular flexibility index (Phi) is 4.39. The van der Waals surface area contributed by atoms with Gasteiger partial charge in [-0.1, -0.05) is 24.8 Å². The van der Waals surface area contributed by atoms with Crippen molar-refractivity contribution in [3.05, 3.63) is 72.7 Å². The molecule has 20 heavy (non-hydrogen) atoms. The summed E-state index contributed by atoms with van der Waals surface area (Å²) >= 11 is 0. The molecular weight excluding hydrogens is 250 g/mol. The van der Waals surface area contributed by atoms with Crippen LogP contribution in [0.5, 0.6) is 0 Å². The van der Waals surface area contributed by atoms with Gasteiger partial charge in [-0.05, 0) is 24.3 Å². The smallest absolute Gasteiger partial charge is 0.166 e. The third kappa shape index (κ3) is 2.80. The summed E-state index contributed by atoms with van der Waals surface area (Å²) in [7, 11) is 1.68. The Morgan fingerprint density at radius 1 is 1.20 bits per heavy atom. The van der Waals surface area contributed by atoms with Crippen LogP contribution in [-0.4, -0.2) is 24.2 Å². The summed E-state index contributed by atoms with van der Waals surface area (Å²) in [4.78, 5) is 21.2. The van der Waals surface area contributed by atoms with Crippen molar-refractivity contribution in [1.29, 1.82) is 0 Å². The van der Waals surface area contributed by atoms with Gasteiger partial charge in [-0.2, -0.15) is 0 Å². The van der Waals surface area contributed by atoms with Crippen molar-refractivity contribution >= 4 is 17.8 Å². The van der Waals surface area contributed by atoms with Crippen molar-refractivity contribution in [3.63, 3.8) is 0 Å². The zero-order valence-corrected chi connectivity index (χ0v) is 11.2. The molecule has 0 bridgehead atoms. The number of carbonyl (C=O) groups is 1. The van der Waals surface area contributed by atoms with E-state index >= 15 is 0 Å². The quantitative estimate of drug-likeness (QED) is 0.369. The average molecular weight is 265 g/mol. The van der Waals surface area contributed by atoms with Gasteiger partial charge in [0.25, 0.3) is 0 Å². The molecule has 0 aliphatic carbocycles. The van der Waals surface area contributed by atoms with Crippen LogP contribution in [0.1, 0.15) is 5.56 Å². The number of para-hydroxylation sites is 1. The third-order valence-corrected chi connectivity index (χ3v) is 2.80. The second-order valence-corrected chi connectivity index (χ2v) is 4.06. The molecule has 0 aliphatic heterocycles. The number of aromatic nitrogens is 1. The highest BCUT2D eigenvalue weighted by molar-refractivity contribution is 6.14. The fourth-order valence-electron chi connectivity index (χ4n) is 1.91. The summed E-state index contributed by atoms with van der Waals surface area (Å²) in [5, 5.41) is 0. The first-order chi connectivity index (χ1) is 9.77. The number of allylic oxidation sites excluding steroid dienone is 1. The van der Waals surface area contributed by atoms with Crippen LogP contribution in [0.3, 0.4) is 0 Å². The summed E-state index contributed by atoms with van der Waals surface area (Å²) in [6.45, 7) is 3.81. The monoisotopic (exact) mass is 265 g/mol. The van der Waals surface area contributed by atoms with E-state index in [0.717, 1.165) is 17.5 Å². The van der Waals surface area contributed by atoms with E-state index in [1.807, 2.05) is 42.5 Å². The van der Waals surface area contributed by atoms with Gasteiger partial charge in [0.15, 0.2) is 6.29 Å². The minimum atomic E-state index is 0.327. The molecule has 0 unspecified atom stereocenters. The van der Waals surface area contributed by atoms with E-state index in [0.29, 0.717) is 11.5 Å². The summed E-state index contributed by atoms with van der Waals surface area (Å²) in [6, 6.07) is 13.2. The number of carbonyl (C=O) groups excluding carboxylic acids is 1. The molecule has 0 amide bonds. The maximum absolute atomic E-state index is 11.2. The van der Waals surface area contributed by atoms with Gasteiger partial charge in [0.2, 0.25) is 0 Å². The minimum Gasteiger partial charge on any atom is -0.296 e. The number of hydrogen-bond donors (Lipinski definition) is 0. The zero-order chi connectivity index (χ0) is 14.4. The molecule has 0 atom stereocenters. The first-order valence-corrected chi connectivity index (χ1v) is 6.14. The lowest BCUT2D eigenvalue weighted by Crippen LogP contribution is -2.31. The molecule has 1 heterocycles. The number of aldehydes is 1. The van der Waals surface area contributed by atoms with Gasteiger partial charge in [-0.3, -0.25) is 19.7 Å². The van der Waals surface area contributed by atoms with Crippen LogP contribution in [0.4, 0.5) is 5.69 Å². The van der Waals surface area contributed by atoms with Gasteiger partial charge in [-0.15, -0.1) is 0 Å². The molecule has 0 saturated carbocycles. The van der Waals surface area contributed by atoms with E-state index in [1.54, 1.807) is 24.3 Å². The molecule has 0 radical (unpaired) electrons. The Morgan fingerprint density at radius 2 is 1.85 bits per heavy atom. The standard InChI is InChI=1S/C16H15N3O/c1-13(12-20)19(15-6-4-3-5-7-15)16(17-2)14-8-10-18-11-9-14/h3-12H,1H2,2H3/b17-16-. The Labute approximate surface area is 118 Å². The Morgan fingerprint density at radius 3 is 2.40 bits per heavy atom. The number of hydrogen-bond acceptors (Lipinski definition) is 3. The molecule has 100 valence electrons. The SMILES string of the molecule is C=C(C=O)N(/C(=N\C)c1ccncc1)c1ccccc1. The van der Waals surface area contributed by atoms with Gasteiger partial charge in [-0.25, -0.2) is 0 Å². The summed E-state index contributed by atoms with van der Waals surface area (Å²) in [5.41, 5.74) is 2.03. The molecule has 0 aliphatic rings. The number of rotatable bonds is 4. The van der Waals surface area contributed by atoms with Crippen LogP contribution < -0.4 is 4.90 Å². The van der Waals surface area contributed by atoms with Gasteiger partial charge < -0.3 is 0 Å². The van der Waals surface area contributed by atoms with E-state index in [2.05, 4.69) is 16.6 Å². The van der Waals surface area contributed by atoms with Gasteiger partial charge in [0.1, 0.15) is 5.84 Å². The van der Waals surface area contributed by atoms with E-state index in [9.17, 15) is 4.79 Å². The van der Waals surface area contributed by atoms with Crippen LogP contribution in [0.15, 0.2) is 72.1 Å². The number of aliphatic imine (C=N–C) groups is 1. The molecule has 1 aromatic heterocycles. The highest BCUT2D eigenvalue weighted by atomic mass is 16.1. The first kappa shape index (κ1) is 13.7. The topological polar surface area (TPSA) is 45.6 Å². The molecule has 0 fully saturated rings. The predicted octanol–water partition coefficient (Wildman–Crippen LogP) is 2.68. The zero-order valence-electron chi connectivity index (χ0n) is 11.2. The molecule has 4 nitrogen and oxygen atoms in total. The lowest BCUT2D eigenvalue weighted by molar-refractivity contribution is -0.104. The fourth-order valence-corrected chi connectivity index (χ4v) is 1.91. The maximum atomic E-state index is 11.2. The van der Waals surface area contributed by atoms with Crippen LogP contribution in [0, 0.1) is 0 Å². The molecule has 2 rings (SSSR count). The van der Waals surface area contributed by atoms with Crippen molar-refractivity contribution < 1.29 is 4.79 Å². The molecule has 4 heteroatoms. The van der Waals surface area contributed by atoms with E-state index < -0.39 is 0 Å². The molecule has 1 aromatic carbocycles. The molecule has 2 aromatic rings. The van der Waals surface area contributed by atoms with Crippen molar-refractivity contribution in [2.75, 3.05) is 11.9 Å². The lowest BCUT2D eigenvalue weighted by atomic mass is 10.2.